The fourth-order valence-electron chi connectivity index (χ4n) is 3.48. The molecule has 0 fully saturated rings. The van der Waals surface area contributed by atoms with Crippen molar-refractivity contribution >= 4 is 23.5 Å². The number of hydrogen-bond donors (Lipinski definition) is 0. The lowest BCUT2D eigenvalue weighted by molar-refractivity contribution is -0.110. The Morgan fingerprint density at radius 2 is 1.70 bits per heavy atom. The Bertz CT molecular complexity index is 874. The summed E-state index contributed by atoms with van der Waals surface area (Å²) in [7, 11) is 0. The summed E-state index contributed by atoms with van der Waals surface area (Å²) in [4.78, 5) is 10.3. The lowest BCUT2D eigenvalue weighted by Gasteiger charge is -2.37. The molecule has 3 rings (SSSR count). The van der Waals surface area contributed by atoms with Crippen LogP contribution in [0, 0.1) is 22.6 Å². The molecule has 1 atom stereocenters. The van der Waals surface area contributed by atoms with Crippen LogP contribution >= 0.6 is 11.6 Å². The minimum Gasteiger partial charge on any atom is -0.290 e. The minimum absolute atomic E-state index is 0.103. The van der Waals surface area contributed by atoms with Crippen LogP contribution in [0.25, 0.3) is 6.08 Å². The SMILES string of the molecule is CC(C)(C)C1=CC(C(C)(C)C)CC(=Cc2ccc(F)cc2Cl)C1.O=C1C=CCC=C1. The van der Waals surface area contributed by atoms with Crippen molar-refractivity contribution in [2.45, 2.75) is 60.8 Å². The summed E-state index contributed by atoms with van der Waals surface area (Å²) in [5, 5.41) is 0.483. The summed E-state index contributed by atoms with van der Waals surface area (Å²) in [5.41, 5.74) is 4.16. The van der Waals surface area contributed by atoms with Crippen LogP contribution in [-0.4, -0.2) is 5.78 Å². The predicted molar refractivity (Wildman–Crippen MR) is 127 cm³/mol. The molecule has 1 nitrogen and oxygen atoms in total. The van der Waals surface area contributed by atoms with E-state index < -0.39 is 0 Å². The molecular weight excluding hydrogens is 395 g/mol. The van der Waals surface area contributed by atoms with E-state index in [0.29, 0.717) is 10.9 Å². The molecule has 2 aliphatic carbocycles. The first-order valence-corrected chi connectivity index (χ1v) is 11.0. The molecule has 2 aliphatic rings. The second-order valence-corrected chi connectivity index (χ2v) is 10.6. The van der Waals surface area contributed by atoms with Crippen molar-refractivity contribution in [1.82, 2.24) is 0 Å². The molecule has 0 saturated carbocycles. The van der Waals surface area contributed by atoms with Gasteiger partial charge in [-0.05, 0) is 65.9 Å². The molecule has 1 unspecified atom stereocenters. The summed E-state index contributed by atoms with van der Waals surface area (Å²) >= 11 is 6.20. The van der Waals surface area contributed by atoms with Gasteiger partial charge in [0.15, 0.2) is 5.78 Å². The van der Waals surface area contributed by atoms with Crippen molar-refractivity contribution < 1.29 is 9.18 Å². The third-order valence-corrected chi connectivity index (χ3v) is 5.86. The van der Waals surface area contributed by atoms with Crippen LogP contribution < -0.4 is 0 Å². The normalized spacial score (nSPS) is 20.7. The van der Waals surface area contributed by atoms with Gasteiger partial charge in [-0.25, -0.2) is 4.39 Å². The van der Waals surface area contributed by atoms with Gasteiger partial charge in [-0.3, -0.25) is 4.79 Å². The van der Waals surface area contributed by atoms with Crippen LogP contribution in [-0.2, 0) is 4.79 Å². The van der Waals surface area contributed by atoms with E-state index in [4.69, 9.17) is 11.6 Å². The van der Waals surface area contributed by atoms with Gasteiger partial charge < -0.3 is 0 Å². The summed E-state index contributed by atoms with van der Waals surface area (Å²) in [6, 6.07) is 4.63. The van der Waals surface area contributed by atoms with Crippen LogP contribution in [0.3, 0.4) is 0 Å². The zero-order valence-electron chi connectivity index (χ0n) is 19.1. The quantitative estimate of drug-likeness (QED) is 0.410. The van der Waals surface area contributed by atoms with E-state index in [-0.39, 0.29) is 22.4 Å². The van der Waals surface area contributed by atoms with Crippen LogP contribution in [0.1, 0.15) is 66.4 Å². The Balaban J connectivity index is 0.000000386. The lowest BCUT2D eigenvalue weighted by Crippen LogP contribution is -2.25. The molecule has 0 aromatic heterocycles. The molecule has 0 spiro atoms. The van der Waals surface area contributed by atoms with Crippen molar-refractivity contribution in [3.63, 3.8) is 0 Å². The third-order valence-electron chi connectivity index (χ3n) is 5.54. The average Bonchev–Trinajstić information content (AvgIpc) is 2.64. The van der Waals surface area contributed by atoms with E-state index in [1.54, 1.807) is 18.2 Å². The van der Waals surface area contributed by atoms with E-state index in [9.17, 15) is 9.18 Å². The van der Waals surface area contributed by atoms with Gasteiger partial charge in [-0.1, -0.05) is 94.7 Å². The van der Waals surface area contributed by atoms with Gasteiger partial charge in [0.1, 0.15) is 5.82 Å². The van der Waals surface area contributed by atoms with Gasteiger partial charge in [0, 0.05) is 0 Å². The van der Waals surface area contributed by atoms with Crippen LogP contribution in [0.2, 0.25) is 5.02 Å². The topological polar surface area (TPSA) is 17.1 Å². The Kier molecular flexibility index (Phi) is 8.05. The summed E-state index contributed by atoms with van der Waals surface area (Å²) in [6.07, 6.45) is 14.4. The summed E-state index contributed by atoms with van der Waals surface area (Å²) < 4.78 is 13.2. The van der Waals surface area contributed by atoms with E-state index in [1.165, 1.54) is 23.3 Å². The minimum atomic E-state index is -0.288. The first-order valence-electron chi connectivity index (χ1n) is 10.6. The Labute approximate surface area is 186 Å². The number of rotatable bonds is 1. The maximum atomic E-state index is 13.2. The number of halogens is 2. The van der Waals surface area contributed by atoms with Crippen molar-refractivity contribution in [2.24, 2.45) is 16.7 Å². The number of allylic oxidation sites excluding steroid dienone is 7. The average molecular weight is 429 g/mol. The second kappa shape index (κ2) is 9.92. The highest BCUT2D eigenvalue weighted by Gasteiger charge is 2.31. The van der Waals surface area contributed by atoms with Crippen molar-refractivity contribution in [1.29, 1.82) is 0 Å². The predicted octanol–water partition coefficient (Wildman–Crippen LogP) is 8.36. The Morgan fingerprint density at radius 1 is 1.07 bits per heavy atom. The number of carbonyl (C=O) groups is 1. The van der Waals surface area contributed by atoms with Gasteiger partial charge in [-0.2, -0.15) is 0 Å². The van der Waals surface area contributed by atoms with Crippen molar-refractivity contribution in [2.75, 3.05) is 0 Å². The number of benzene rings is 1. The second-order valence-electron chi connectivity index (χ2n) is 10.2. The molecular formula is C27H34ClFO. The molecule has 162 valence electrons. The largest absolute Gasteiger partial charge is 0.290 e. The summed E-state index contributed by atoms with van der Waals surface area (Å²) in [5.74, 6) is 0.325. The van der Waals surface area contributed by atoms with Gasteiger partial charge in [-0.15, -0.1) is 0 Å². The van der Waals surface area contributed by atoms with Gasteiger partial charge in [0.2, 0.25) is 0 Å². The van der Waals surface area contributed by atoms with Crippen molar-refractivity contribution in [3.05, 3.63) is 76.1 Å². The lowest BCUT2D eigenvalue weighted by atomic mass is 9.68. The molecule has 0 N–H and O–H groups in total. The highest BCUT2D eigenvalue weighted by molar-refractivity contribution is 6.32. The molecule has 0 aliphatic heterocycles. The molecule has 0 heterocycles. The molecule has 0 radical (unpaired) electrons. The third kappa shape index (κ3) is 7.40. The first-order chi connectivity index (χ1) is 13.9. The number of carbonyl (C=O) groups excluding carboxylic acids is 1. The maximum Gasteiger partial charge on any atom is 0.178 e. The zero-order valence-corrected chi connectivity index (χ0v) is 19.8. The van der Waals surface area contributed by atoms with Crippen LogP contribution in [0.5, 0.6) is 0 Å². The Morgan fingerprint density at radius 3 is 2.17 bits per heavy atom. The van der Waals surface area contributed by atoms with E-state index >= 15 is 0 Å². The van der Waals surface area contributed by atoms with Gasteiger partial charge in [0.05, 0.1) is 5.02 Å². The summed E-state index contributed by atoms with van der Waals surface area (Å²) in [6.45, 7) is 13.7. The number of hydrogen-bond acceptors (Lipinski definition) is 1. The monoisotopic (exact) mass is 428 g/mol. The standard InChI is InChI=1S/C21H28ClF.C6H6O/c1-20(2,3)16-10-14(11-17(12-16)21(4,5)6)9-15-7-8-18(23)13-19(15)22;7-6-4-2-1-3-5-6/h7-9,12-13,16H,10-11H2,1-6H3;2-5H,1H2. The fourth-order valence-corrected chi connectivity index (χ4v) is 3.70. The van der Waals surface area contributed by atoms with Crippen LogP contribution in [0.15, 0.2) is 59.7 Å². The van der Waals surface area contributed by atoms with E-state index in [2.05, 4.69) is 53.7 Å². The molecule has 0 bridgehead atoms. The first kappa shape index (κ1) is 24.3. The fraction of sp³-hybridized carbons (Fsp3) is 0.444. The highest BCUT2D eigenvalue weighted by atomic mass is 35.5. The van der Waals surface area contributed by atoms with Crippen LogP contribution in [0.4, 0.5) is 4.39 Å². The van der Waals surface area contributed by atoms with E-state index in [1.807, 2.05) is 12.2 Å². The number of ketones is 1. The highest BCUT2D eigenvalue weighted by Crippen LogP contribution is 2.44. The van der Waals surface area contributed by atoms with Gasteiger partial charge >= 0.3 is 0 Å². The molecule has 0 saturated heterocycles. The van der Waals surface area contributed by atoms with Gasteiger partial charge in [0.25, 0.3) is 0 Å². The van der Waals surface area contributed by atoms with Crippen molar-refractivity contribution in [3.8, 4) is 0 Å². The Hall–Kier alpha value is -1.93. The smallest absolute Gasteiger partial charge is 0.178 e. The molecule has 1 aromatic carbocycles. The molecule has 1 aromatic rings. The molecule has 30 heavy (non-hydrogen) atoms. The maximum absolute atomic E-state index is 13.2. The molecule has 0 amide bonds. The molecule has 3 heteroatoms. The van der Waals surface area contributed by atoms with E-state index in [0.717, 1.165) is 24.8 Å². The zero-order chi connectivity index (χ0) is 22.5.